The van der Waals surface area contributed by atoms with Crippen LogP contribution in [0.1, 0.15) is 11.1 Å². The number of rotatable bonds is 3. The van der Waals surface area contributed by atoms with Crippen LogP contribution >= 0.6 is 11.6 Å². The molecule has 0 N–H and O–H groups in total. The Morgan fingerprint density at radius 2 is 1.63 bits per heavy atom. The number of imidazole rings is 1. The highest BCUT2D eigenvalue weighted by atomic mass is 35.5. The van der Waals surface area contributed by atoms with E-state index in [1.54, 1.807) is 48.0 Å². The monoisotopic (exact) mass is 430 g/mol. The summed E-state index contributed by atoms with van der Waals surface area (Å²) in [4.78, 5) is 4.14. The molecule has 0 aliphatic rings. The maximum atomic E-state index is 14.3. The van der Waals surface area contributed by atoms with Crippen LogP contribution in [0.25, 0.3) is 28.2 Å². The minimum Gasteiger partial charge on any atom is -0.300 e. The van der Waals surface area contributed by atoms with E-state index in [0.717, 1.165) is 11.6 Å². The molecule has 0 saturated carbocycles. The highest BCUT2D eigenvalue weighted by molar-refractivity contribution is 6.34. The van der Waals surface area contributed by atoms with Crippen LogP contribution < -0.4 is 0 Å². The molecule has 152 valence electrons. The van der Waals surface area contributed by atoms with E-state index in [0.29, 0.717) is 16.3 Å². The molecule has 30 heavy (non-hydrogen) atoms. The Labute approximate surface area is 175 Å². The molecule has 0 aliphatic carbocycles. The van der Waals surface area contributed by atoms with Crippen molar-refractivity contribution < 1.29 is 17.6 Å². The minimum atomic E-state index is -4.50. The average molecular weight is 431 g/mol. The highest BCUT2D eigenvalue weighted by Gasteiger charge is 2.34. The van der Waals surface area contributed by atoms with Crippen molar-refractivity contribution in [3.8, 4) is 28.2 Å². The molecule has 0 aliphatic heterocycles. The summed E-state index contributed by atoms with van der Waals surface area (Å²) >= 11 is 6.28. The van der Waals surface area contributed by atoms with Crippen LogP contribution in [0.3, 0.4) is 0 Å². The van der Waals surface area contributed by atoms with Gasteiger partial charge in [0.15, 0.2) is 0 Å². The van der Waals surface area contributed by atoms with Gasteiger partial charge >= 0.3 is 6.18 Å². The van der Waals surface area contributed by atoms with Gasteiger partial charge in [-0.25, -0.2) is 9.37 Å². The maximum Gasteiger partial charge on any atom is 0.417 e. The first-order valence-corrected chi connectivity index (χ1v) is 9.40. The van der Waals surface area contributed by atoms with Crippen molar-refractivity contribution in [3.05, 3.63) is 95.0 Å². The van der Waals surface area contributed by atoms with Crippen LogP contribution in [0.2, 0.25) is 5.02 Å². The van der Waals surface area contributed by atoms with E-state index >= 15 is 0 Å². The topological polar surface area (TPSA) is 17.8 Å². The van der Waals surface area contributed by atoms with Crippen molar-refractivity contribution in [2.45, 2.75) is 13.1 Å². The van der Waals surface area contributed by atoms with E-state index in [-0.39, 0.29) is 17.0 Å². The first-order valence-electron chi connectivity index (χ1n) is 9.02. The predicted octanol–water partition coefficient (Wildman–Crippen LogP) is 7.33. The van der Waals surface area contributed by atoms with Gasteiger partial charge in [-0.05, 0) is 42.3 Å². The SMILES string of the molecule is Cc1ccc(F)c(-c2ccc(-n3ccnc3-c3ccccc3C(F)(F)F)cc2)c1Cl. The molecule has 7 heteroatoms. The number of aryl methyl sites for hydroxylation is 1. The van der Waals surface area contributed by atoms with Crippen molar-refractivity contribution in [3.63, 3.8) is 0 Å². The number of aromatic nitrogens is 2. The van der Waals surface area contributed by atoms with Gasteiger partial charge in [0.05, 0.1) is 10.6 Å². The molecular formula is C23H15ClF4N2. The van der Waals surface area contributed by atoms with Crippen molar-refractivity contribution in [1.82, 2.24) is 9.55 Å². The van der Waals surface area contributed by atoms with Gasteiger partial charge in [-0.1, -0.05) is 48.0 Å². The lowest BCUT2D eigenvalue weighted by Crippen LogP contribution is -2.08. The van der Waals surface area contributed by atoms with Crippen LogP contribution in [-0.2, 0) is 6.18 Å². The summed E-state index contributed by atoms with van der Waals surface area (Å²) < 4.78 is 56.2. The quantitative estimate of drug-likeness (QED) is 0.311. The molecule has 1 aromatic heterocycles. The second-order valence-electron chi connectivity index (χ2n) is 6.76. The molecule has 0 unspecified atom stereocenters. The Morgan fingerprint density at radius 1 is 0.933 bits per heavy atom. The Bertz CT molecular complexity index is 1210. The fourth-order valence-corrected chi connectivity index (χ4v) is 3.61. The van der Waals surface area contributed by atoms with Gasteiger partial charge in [0.25, 0.3) is 0 Å². The van der Waals surface area contributed by atoms with Crippen molar-refractivity contribution in [2.24, 2.45) is 0 Å². The second-order valence-corrected chi connectivity index (χ2v) is 7.14. The van der Waals surface area contributed by atoms with Gasteiger partial charge in [0, 0.05) is 29.2 Å². The first kappa shape index (κ1) is 20.2. The van der Waals surface area contributed by atoms with E-state index in [1.165, 1.54) is 30.5 Å². The van der Waals surface area contributed by atoms with Crippen LogP contribution in [0.5, 0.6) is 0 Å². The van der Waals surface area contributed by atoms with E-state index in [2.05, 4.69) is 4.98 Å². The van der Waals surface area contributed by atoms with Crippen molar-refractivity contribution in [1.29, 1.82) is 0 Å². The molecule has 0 bridgehead atoms. The zero-order chi connectivity index (χ0) is 21.5. The summed E-state index contributed by atoms with van der Waals surface area (Å²) in [5.41, 5.74) is 1.42. The Kier molecular flexibility index (Phi) is 5.12. The molecular weight excluding hydrogens is 416 g/mol. The molecule has 4 rings (SSSR count). The lowest BCUT2D eigenvalue weighted by Gasteiger charge is -2.15. The molecule has 3 aromatic carbocycles. The second kappa shape index (κ2) is 7.61. The lowest BCUT2D eigenvalue weighted by atomic mass is 10.0. The van der Waals surface area contributed by atoms with Gasteiger partial charge in [-0.15, -0.1) is 0 Å². The Hall–Kier alpha value is -3.12. The molecule has 0 fully saturated rings. The molecule has 0 amide bonds. The summed E-state index contributed by atoms with van der Waals surface area (Å²) in [6.07, 6.45) is -1.48. The normalized spacial score (nSPS) is 11.7. The van der Waals surface area contributed by atoms with Crippen LogP contribution in [0.15, 0.2) is 73.1 Å². The Morgan fingerprint density at radius 3 is 2.33 bits per heavy atom. The fourth-order valence-electron chi connectivity index (χ4n) is 3.35. The molecule has 1 heterocycles. The van der Waals surface area contributed by atoms with Gasteiger partial charge in [-0.3, -0.25) is 4.57 Å². The number of nitrogens with zero attached hydrogens (tertiary/aromatic N) is 2. The number of halogens is 5. The number of benzene rings is 3. The third-order valence-electron chi connectivity index (χ3n) is 4.83. The van der Waals surface area contributed by atoms with E-state index < -0.39 is 17.6 Å². The molecule has 2 nitrogen and oxygen atoms in total. The van der Waals surface area contributed by atoms with E-state index in [4.69, 9.17) is 11.6 Å². The summed E-state index contributed by atoms with van der Waals surface area (Å²) in [5, 5.41) is 0.324. The molecule has 0 radical (unpaired) electrons. The summed E-state index contributed by atoms with van der Waals surface area (Å²) in [6.45, 7) is 1.79. The van der Waals surface area contributed by atoms with Crippen molar-refractivity contribution >= 4 is 11.6 Å². The van der Waals surface area contributed by atoms with Crippen LogP contribution in [0.4, 0.5) is 17.6 Å². The average Bonchev–Trinajstić information content (AvgIpc) is 3.21. The lowest BCUT2D eigenvalue weighted by molar-refractivity contribution is -0.137. The minimum absolute atomic E-state index is 0.0214. The van der Waals surface area contributed by atoms with Crippen LogP contribution in [-0.4, -0.2) is 9.55 Å². The zero-order valence-electron chi connectivity index (χ0n) is 15.7. The van der Waals surface area contributed by atoms with Gasteiger partial charge in [0.2, 0.25) is 0 Å². The summed E-state index contributed by atoms with van der Waals surface area (Å²) in [6, 6.07) is 15.0. The number of hydrogen-bond donors (Lipinski definition) is 0. The fraction of sp³-hybridized carbons (Fsp3) is 0.0870. The Balaban J connectivity index is 1.78. The maximum absolute atomic E-state index is 14.3. The predicted molar refractivity (Wildman–Crippen MR) is 109 cm³/mol. The molecule has 0 atom stereocenters. The standard InChI is InChI=1S/C23H15ClF4N2/c1-14-6-11-19(25)20(21(14)24)15-7-9-16(10-8-15)30-13-12-29-22(30)17-4-2-3-5-18(17)23(26,27)28/h2-13H,1H3. The molecule has 0 spiro atoms. The van der Waals surface area contributed by atoms with Crippen molar-refractivity contribution in [2.75, 3.05) is 0 Å². The molecule has 0 saturated heterocycles. The first-order chi connectivity index (χ1) is 14.3. The van der Waals surface area contributed by atoms with Crippen LogP contribution in [0, 0.1) is 12.7 Å². The third-order valence-corrected chi connectivity index (χ3v) is 5.32. The number of alkyl halides is 3. The molecule has 4 aromatic rings. The van der Waals surface area contributed by atoms with E-state index in [1.807, 2.05) is 0 Å². The largest absolute Gasteiger partial charge is 0.417 e. The summed E-state index contributed by atoms with van der Waals surface area (Å²) in [7, 11) is 0. The smallest absolute Gasteiger partial charge is 0.300 e. The summed E-state index contributed by atoms with van der Waals surface area (Å²) in [5.74, 6) is -0.281. The van der Waals surface area contributed by atoms with Gasteiger partial charge < -0.3 is 0 Å². The zero-order valence-corrected chi connectivity index (χ0v) is 16.5. The van der Waals surface area contributed by atoms with E-state index in [9.17, 15) is 17.6 Å². The highest BCUT2D eigenvalue weighted by Crippen LogP contribution is 2.37. The van der Waals surface area contributed by atoms with Gasteiger partial charge in [-0.2, -0.15) is 13.2 Å². The third kappa shape index (κ3) is 3.59. The number of hydrogen-bond acceptors (Lipinski definition) is 1. The van der Waals surface area contributed by atoms with Gasteiger partial charge in [0.1, 0.15) is 11.6 Å².